The molecule has 3 heterocycles. The highest BCUT2D eigenvalue weighted by Gasteiger charge is 2.51. The van der Waals surface area contributed by atoms with Crippen molar-refractivity contribution in [2.75, 3.05) is 32.5 Å². The highest BCUT2D eigenvalue weighted by atomic mass is 32.2. The second-order valence-electron chi connectivity index (χ2n) is 8.41. The Labute approximate surface area is 211 Å². The van der Waals surface area contributed by atoms with Crippen LogP contribution < -0.4 is 15.8 Å². The van der Waals surface area contributed by atoms with Crippen LogP contribution in [0, 0.1) is 0 Å². The molecule has 4 N–H and O–H groups in total. The van der Waals surface area contributed by atoms with Gasteiger partial charge < -0.3 is 25.5 Å². The van der Waals surface area contributed by atoms with E-state index in [2.05, 4.69) is 27.4 Å². The van der Waals surface area contributed by atoms with Gasteiger partial charge in [0, 0.05) is 18.5 Å². The topological polar surface area (TPSA) is 177 Å². The smallest absolute Gasteiger partial charge is 0.362 e. The number of nitrogens with one attached hydrogen (secondary N) is 1. The van der Waals surface area contributed by atoms with Crippen LogP contribution in [0.4, 0.5) is 5.13 Å². The fraction of sp³-hybridized carbons (Fsp3) is 0.429. The van der Waals surface area contributed by atoms with E-state index in [0.717, 1.165) is 30.8 Å². The second kappa shape index (κ2) is 10.4. The molecule has 1 aromatic heterocycles. The molecule has 2 aromatic rings. The van der Waals surface area contributed by atoms with Gasteiger partial charge in [0.1, 0.15) is 24.1 Å². The van der Waals surface area contributed by atoms with Gasteiger partial charge in [0.15, 0.2) is 17.5 Å². The maximum absolute atomic E-state index is 12.8. The Hall–Kier alpha value is -3.27. The Morgan fingerprint density at radius 3 is 2.81 bits per heavy atom. The number of fused-ring (bicyclic) bond motifs is 1. The van der Waals surface area contributed by atoms with E-state index < -0.39 is 34.2 Å². The maximum Gasteiger partial charge on any atom is 0.362 e. The first kappa shape index (κ1) is 25.8. The number of thiazole rings is 1. The molecule has 0 unspecified atom stereocenters. The quantitative estimate of drug-likeness (QED) is 0.130. The minimum Gasteiger partial charge on any atom is -0.490 e. The summed E-state index contributed by atoms with van der Waals surface area (Å²) in [5, 5.41) is 7.95. The van der Waals surface area contributed by atoms with Crippen molar-refractivity contribution in [2.24, 2.45) is 5.16 Å². The van der Waals surface area contributed by atoms with E-state index in [-0.39, 0.29) is 34.1 Å². The van der Waals surface area contributed by atoms with Gasteiger partial charge in [-0.25, -0.2) is 9.29 Å². The van der Waals surface area contributed by atoms with Crippen molar-refractivity contribution in [3.05, 3.63) is 40.4 Å². The molecule has 0 radical (unpaired) electrons. The van der Waals surface area contributed by atoms with Crippen LogP contribution in [0.3, 0.4) is 0 Å². The highest BCUT2D eigenvalue weighted by molar-refractivity contribution is 7.84. The molecule has 36 heavy (non-hydrogen) atoms. The fourth-order valence-electron chi connectivity index (χ4n) is 3.98. The molecule has 1 saturated heterocycles. The summed E-state index contributed by atoms with van der Waals surface area (Å²) < 4.78 is 37.7. The van der Waals surface area contributed by atoms with E-state index in [1.165, 1.54) is 23.4 Å². The Bertz CT molecular complexity index is 1300. The molecule has 0 bridgehead atoms. The normalized spacial score (nSPS) is 20.5. The lowest BCUT2D eigenvalue weighted by atomic mass is 10.00. The van der Waals surface area contributed by atoms with E-state index in [1.54, 1.807) is 0 Å². The molecule has 13 nitrogen and oxygen atoms in total. The van der Waals surface area contributed by atoms with Crippen molar-refractivity contribution < 1.29 is 32.1 Å². The van der Waals surface area contributed by atoms with E-state index in [9.17, 15) is 18.0 Å². The first-order valence-corrected chi connectivity index (χ1v) is 13.3. The number of oxime groups is 1. The summed E-state index contributed by atoms with van der Waals surface area (Å²) in [5.41, 5.74) is 8.07. The maximum atomic E-state index is 12.8. The molecule has 0 saturated carbocycles. The molecule has 2 aliphatic heterocycles. The third-order valence-electron chi connectivity index (χ3n) is 5.83. The number of amides is 2. The van der Waals surface area contributed by atoms with Gasteiger partial charge in [-0.2, -0.15) is 8.42 Å². The minimum absolute atomic E-state index is 0.0194. The lowest BCUT2D eigenvalue weighted by Crippen LogP contribution is -2.71. The molecule has 2 aliphatic rings. The van der Waals surface area contributed by atoms with Crippen molar-refractivity contribution in [1.29, 1.82) is 0 Å². The number of nitrogens with zero attached hydrogens (tertiary/aromatic N) is 4. The van der Waals surface area contributed by atoms with Gasteiger partial charge >= 0.3 is 10.3 Å². The van der Waals surface area contributed by atoms with Crippen molar-refractivity contribution >= 4 is 44.3 Å². The monoisotopic (exact) mass is 538 g/mol. The van der Waals surface area contributed by atoms with Crippen molar-refractivity contribution in [3.8, 4) is 5.75 Å². The zero-order valence-corrected chi connectivity index (χ0v) is 21.2. The standard InChI is InChI=1S/C21H26N6O7S2/c1-12-17(20(29)27(12)36(30,31)32)24-19(28)18(16-11-35-21(22)23-16)25-34-8-7-33-15-4-3-14-10-26(2)6-5-13(14)9-15/h3-4,9,11-12,17H,5-8,10H2,1-2H3,(H2,22,23)(H,24,28)(H,30,31,32)/b25-18-/t12-,17-/m0/s1. The summed E-state index contributed by atoms with van der Waals surface area (Å²) in [6.45, 7) is 3.44. The Balaban J connectivity index is 1.36. The molecular formula is C21H26N6O7S2. The van der Waals surface area contributed by atoms with Crippen LogP contribution in [0.2, 0.25) is 0 Å². The number of benzene rings is 1. The van der Waals surface area contributed by atoms with Crippen LogP contribution in [0.25, 0.3) is 0 Å². The summed E-state index contributed by atoms with van der Waals surface area (Å²) in [5.74, 6) is -1.08. The third-order valence-corrected chi connectivity index (χ3v) is 7.51. The number of nitrogen functional groups attached to an aromatic ring is 1. The number of aromatic nitrogens is 1. The van der Waals surface area contributed by atoms with Crippen LogP contribution in [-0.4, -0.2) is 83.6 Å². The predicted molar refractivity (Wildman–Crippen MR) is 131 cm³/mol. The van der Waals surface area contributed by atoms with Crippen LogP contribution >= 0.6 is 11.3 Å². The average molecular weight is 539 g/mol. The molecular weight excluding hydrogens is 512 g/mol. The number of β-lactam (4-membered cyclic amide) rings is 1. The molecule has 1 fully saturated rings. The van der Waals surface area contributed by atoms with Gasteiger partial charge in [-0.05, 0) is 43.7 Å². The number of rotatable bonds is 9. The van der Waals surface area contributed by atoms with Crippen LogP contribution in [0.15, 0.2) is 28.7 Å². The SMILES string of the molecule is C[C@H]1[C@H](NC(=O)/C(=N\OCCOc2ccc3c(c2)CCN(C)C3)c2csc(N)n2)C(=O)N1S(=O)(=O)O. The van der Waals surface area contributed by atoms with E-state index in [4.69, 9.17) is 19.9 Å². The first-order valence-electron chi connectivity index (χ1n) is 11.0. The summed E-state index contributed by atoms with van der Waals surface area (Å²) >= 11 is 1.08. The lowest BCUT2D eigenvalue weighted by molar-refractivity contribution is -0.143. The average Bonchev–Trinajstić information content (AvgIpc) is 3.24. The summed E-state index contributed by atoms with van der Waals surface area (Å²) in [7, 11) is -2.64. The zero-order chi connectivity index (χ0) is 26.0. The summed E-state index contributed by atoms with van der Waals surface area (Å²) in [4.78, 5) is 36.5. The van der Waals surface area contributed by atoms with E-state index in [0.29, 0.717) is 5.75 Å². The Morgan fingerprint density at radius 1 is 1.36 bits per heavy atom. The summed E-state index contributed by atoms with van der Waals surface area (Å²) in [6, 6.07) is 3.79. The molecule has 4 rings (SSSR count). The van der Waals surface area contributed by atoms with Crippen LogP contribution in [0.5, 0.6) is 5.75 Å². The van der Waals surface area contributed by atoms with Crippen LogP contribution in [0.1, 0.15) is 23.7 Å². The van der Waals surface area contributed by atoms with Gasteiger partial charge in [-0.3, -0.25) is 14.1 Å². The fourth-order valence-corrected chi connectivity index (χ4v) is 5.41. The number of hydrogen-bond acceptors (Lipinski definition) is 11. The number of anilines is 1. The number of carbonyl (C=O) groups is 2. The van der Waals surface area contributed by atoms with E-state index >= 15 is 0 Å². The predicted octanol–water partition coefficient (Wildman–Crippen LogP) is 0.0312. The van der Waals surface area contributed by atoms with Crippen molar-refractivity contribution in [3.63, 3.8) is 0 Å². The molecule has 15 heteroatoms. The molecule has 0 aliphatic carbocycles. The van der Waals surface area contributed by atoms with Crippen LogP contribution in [-0.2, 0) is 37.7 Å². The zero-order valence-electron chi connectivity index (χ0n) is 19.6. The Morgan fingerprint density at radius 2 is 2.14 bits per heavy atom. The third kappa shape index (κ3) is 5.59. The number of carbonyl (C=O) groups excluding carboxylic acids is 2. The highest BCUT2D eigenvalue weighted by Crippen LogP contribution is 2.24. The first-order chi connectivity index (χ1) is 17.0. The minimum atomic E-state index is -4.72. The lowest BCUT2D eigenvalue weighted by Gasteiger charge is -2.42. The van der Waals surface area contributed by atoms with E-state index in [1.807, 2.05) is 18.2 Å². The number of likely N-dealkylation sites (N-methyl/N-ethyl adjacent to an activating group) is 1. The van der Waals surface area contributed by atoms with Gasteiger partial charge in [-0.15, -0.1) is 11.3 Å². The van der Waals surface area contributed by atoms with Crippen molar-refractivity contribution in [1.82, 2.24) is 19.5 Å². The van der Waals surface area contributed by atoms with Gasteiger partial charge in [0.25, 0.3) is 11.8 Å². The number of ether oxygens (including phenoxy) is 1. The molecule has 0 spiro atoms. The van der Waals surface area contributed by atoms with Gasteiger partial charge in [0.05, 0.1) is 6.04 Å². The molecule has 2 amide bonds. The molecule has 2 atom stereocenters. The van der Waals surface area contributed by atoms with Gasteiger partial charge in [-0.1, -0.05) is 11.2 Å². The molecule has 1 aromatic carbocycles. The number of nitrogens with two attached hydrogens (primary N) is 1. The Kier molecular flexibility index (Phi) is 7.44. The molecule has 194 valence electrons. The van der Waals surface area contributed by atoms with Gasteiger partial charge in [0.2, 0.25) is 0 Å². The second-order valence-corrected chi connectivity index (χ2v) is 10.6. The van der Waals surface area contributed by atoms with Crippen molar-refractivity contribution in [2.45, 2.75) is 32.0 Å². The largest absolute Gasteiger partial charge is 0.490 e. The summed E-state index contributed by atoms with van der Waals surface area (Å²) in [6.07, 6.45) is 0.948. The number of hydrogen-bond donors (Lipinski definition) is 3.